The van der Waals surface area contributed by atoms with Crippen molar-refractivity contribution in [2.45, 2.75) is 56.3 Å². The van der Waals surface area contributed by atoms with E-state index in [4.69, 9.17) is 22.3 Å². The predicted octanol–water partition coefficient (Wildman–Crippen LogP) is -2.26. The molecule has 0 aromatic heterocycles. The van der Waals surface area contributed by atoms with Crippen LogP contribution < -0.4 is 33.2 Å². The second kappa shape index (κ2) is 15.6. The van der Waals surface area contributed by atoms with Crippen molar-refractivity contribution in [1.29, 1.82) is 0 Å². The number of unbranched alkanes of at least 4 members (excludes halogenated alkanes) is 1. The van der Waals surface area contributed by atoms with Gasteiger partial charge in [0.15, 0.2) is 0 Å². The molecule has 0 radical (unpaired) electrons. The van der Waals surface area contributed by atoms with Gasteiger partial charge in [-0.05, 0) is 49.9 Å². The van der Waals surface area contributed by atoms with E-state index in [0.717, 1.165) is 0 Å². The van der Waals surface area contributed by atoms with E-state index in [2.05, 4.69) is 28.6 Å². The molecule has 0 saturated heterocycles. The van der Waals surface area contributed by atoms with Gasteiger partial charge in [0.25, 0.3) is 0 Å². The van der Waals surface area contributed by atoms with Crippen LogP contribution in [0.4, 0.5) is 0 Å². The van der Waals surface area contributed by atoms with E-state index in [1.165, 1.54) is 12.1 Å². The van der Waals surface area contributed by atoms with E-state index < -0.39 is 60.2 Å². The Morgan fingerprint density at radius 1 is 0.889 bits per heavy atom. The van der Waals surface area contributed by atoms with Crippen LogP contribution in [0.5, 0.6) is 5.75 Å². The number of carboxylic acids is 1. The van der Waals surface area contributed by atoms with Gasteiger partial charge in [-0.3, -0.25) is 19.2 Å². The van der Waals surface area contributed by atoms with E-state index in [0.29, 0.717) is 24.9 Å². The highest BCUT2D eigenvalue weighted by molar-refractivity contribution is 7.80. The number of nitrogens with one attached hydrogen (secondary N) is 3. The molecule has 36 heavy (non-hydrogen) atoms. The number of carbonyl (C=O) groups excluding carboxylic acids is 4. The lowest BCUT2D eigenvalue weighted by Crippen LogP contribution is -2.58. The van der Waals surface area contributed by atoms with Gasteiger partial charge in [-0.25, -0.2) is 4.79 Å². The molecule has 1 aromatic carbocycles. The summed E-state index contributed by atoms with van der Waals surface area (Å²) in [5.74, 6) is -4.69. The zero-order valence-corrected chi connectivity index (χ0v) is 20.6. The summed E-state index contributed by atoms with van der Waals surface area (Å²) < 4.78 is 0. The number of rotatable bonds is 16. The summed E-state index contributed by atoms with van der Waals surface area (Å²) in [5.41, 5.74) is 17.3. The molecule has 4 atom stereocenters. The number of thiol groups is 1. The largest absolute Gasteiger partial charge is 0.508 e. The Morgan fingerprint density at radius 3 is 1.97 bits per heavy atom. The molecule has 11 N–H and O–H groups in total. The van der Waals surface area contributed by atoms with Crippen molar-refractivity contribution in [1.82, 2.24) is 16.0 Å². The third kappa shape index (κ3) is 10.9. The van der Waals surface area contributed by atoms with Crippen molar-refractivity contribution in [3.63, 3.8) is 0 Å². The lowest BCUT2D eigenvalue weighted by Gasteiger charge is -2.24. The first-order valence-electron chi connectivity index (χ1n) is 11.2. The minimum atomic E-state index is -1.43. The highest BCUT2D eigenvalue weighted by atomic mass is 32.1. The van der Waals surface area contributed by atoms with Crippen LogP contribution in [-0.2, 0) is 30.4 Å². The maximum absolute atomic E-state index is 12.9. The Hall–Kier alpha value is -3.36. The number of hydrogen-bond donors (Lipinski definition) is 9. The molecule has 0 aliphatic rings. The number of nitrogens with two attached hydrogens (primary N) is 3. The minimum Gasteiger partial charge on any atom is -0.508 e. The summed E-state index contributed by atoms with van der Waals surface area (Å²) >= 11 is 3.90. The molecule has 0 heterocycles. The van der Waals surface area contributed by atoms with Crippen molar-refractivity contribution in [3.05, 3.63) is 29.8 Å². The molecule has 1 rings (SSSR count). The number of primary amides is 1. The zero-order valence-electron chi connectivity index (χ0n) is 19.7. The highest BCUT2D eigenvalue weighted by Crippen LogP contribution is 2.11. The number of amides is 4. The molecule has 0 aliphatic heterocycles. The Labute approximate surface area is 213 Å². The SMILES string of the molecule is NCCCCC(NC(=O)C(CC(N)=O)NC(=O)C(N)Cc1ccc(O)cc1)C(=O)NC(CS)C(=O)O. The standard InChI is InChI=1S/C22H34N6O7S/c23-8-2-1-3-15(20(32)28-17(11-36)22(34)35)26-21(33)16(10-18(25)30)27-19(31)14(24)9-12-4-6-13(29)7-5-12/h4-7,14-17,29,36H,1-3,8-11,23-24H2,(H2,25,30)(H,26,33)(H,27,31)(H,28,32)(H,34,35). The Balaban J connectivity index is 2.94. The smallest absolute Gasteiger partial charge is 0.327 e. The van der Waals surface area contributed by atoms with Crippen molar-refractivity contribution in [3.8, 4) is 5.75 Å². The zero-order chi connectivity index (χ0) is 27.3. The third-order valence-corrected chi connectivity index (χ3v) is 5.51. The van der Waals surface area contributed by atoms with Crippen LogP contribution in [0.2, 0.25) is 0 Å². The molecule has 4 unspecified atom stereocenters. The lowest BCUT2D eigenvalue weighted by atomic mass is 10.0. The molecule has 200 valence electrons. The Morgan fingerprint density at radius 2 is 1.44 bits per heavy atom. The quantitative estimate of drug-likeness (QED) is 0.0832. The van der Waals surface area contributed by atoms with Crippen LogP contribution in [0, 0.1) is 0 Å². The average molecular weight is 527 g/mol. The normalized spacial score (nSPS) is 14.1. The third-order valence-electron chi connectivity index (χ3n) is 5.14. The summed E-state index contributed by atoms with van der Waals surface area (Å²) in [7, 11) is 0. The molecule has 0 fully saturated rings. The maximum atomic E-state index is 12.9. The number of carbonyl (C=O) groups is 5. The fourth-order valence-corrected chi connectivity index (χ4v) is 3.41. The number of carboxylic acid groups (broad SMARTS) is 1. The number of aliphatic carboxylic acids is 1. The van der Waals surface area contributed by atoms with Gasteiger partial charge >= 0.3 is 5.97 Å². The van der Waals surface area contributed by atoms with Crippen LogP contribution in [0.25, 0.3) is 0 Å². The van der Waals surface area contributed by atoms with E-state index in [1.54, 1.807) is 12.1 Å². The number of phenols is 1. The van der Waals surface area contributed by atoms with Crippen molar-refractivity contribution < 1.29 is 34.2 Å². The van der Waals surface area contributed by atoms with E-state index in [1.807, 2.05) is 0 Å². The van der Waals surface area contributed by atoms with Gasteiger partial charge < -0.3 is 43.4 Å². The maximum Gasteiger partial charge on any atom is 0.327 e. The summed E-state index contributed by atoms with van der Waals surface area (Å²) in [6, 6.07) is 1.06. The minimum absolute atomic E-state index is 0.0454. The van der Waals surface area contributed by atoms with E-state index in [9.17, 15) is 29.1 Å². The molecular formula is C22H34N6O7S. The summed E-state index contributed by atoms with van der Waals surface area (Å²) in [6.07, 6.45) is 0.641. The molecule has 4 amide bonds. The molecule has 1 aromatic rings. The first-order valence-corrected chi connectivity index (χ1v) is 11.9. The molecule has 0 spiro atoms. The summed E-state index contributed by atoms with van der Waals surface area (Å²) in [4.78, 5) is 61.0. The van der Waals surface area contributed by atoms with Gasteiger partial charge in [0.2, 0.25) is 23.6 Å². The van der Waals surface area contributed by atoms with Gasteiger partial charge in [0.1, 0.15) is 23.9 Å². The van der Waals surface area contributed by atoms with Gasteiger partial charge in [-0.2, -0.15) is 12.6 Å². The first kappa shape index (κ1) is 30.7. The Bertz CT molecular complexity index is 915. The van der Waals surface area contributed by atoms with Crippen molar-refractivity contribution >= 4 is 42.2 Å². The first-order chi connectivity index (χ1) is 17.0. The van der Waals surface area contributed by atoms with Gasteiger partial charge in [-0.15, -0.1) is 0 Å². The average Bonchev–Trinajstić information content (AvgIpc) is 2.82. The van der Waals surface area contributed by atoms with Crippen LogP contribution >= 0.6 is 12.6 Å². The summed E-state index contributed by atoms with van der Waals surface area (Å²) in [5, 5.41) is 25.6. The van der Waals surface area contributed by atoms with Gasteiger partial charge in [0, 0.05) is 5.75 Å². The van der Waals surface area contributed by atoms with E-state index >= 15 is 0 Å². The second-order valence-electron chi connectivity index (χ2n) is 8.14. The van der Waals surface area contributed by atoms with Crippen LogP contribution in [0.1, 0.15) is 31.2 Å². The number of benzene rings is 1. The topological polar surface area (TPSA) is 240 Å². The molecule has 14 heteroatoms. The van der Waals surface area contributed by atoms with Crippen molar-refractivity contribution in [2.24, 2.45) is 17.2 Å². The van der Waals surface area contributed by atoms with Crippen LogP contribution in [0.3, 0.4) is 0 Å². The number of aromatic hydroxyl groups is 1. The van der Waals surface area contributed by atoms with Crippen molar-refractivity contribution in [2.75, 3.05) is 12.3 Å². The van der Waals surface area contributed by atoms with Gasteiger partial charge in [0.05, 0.1) is 12.5 Å². The molecule has 0 bridgehead atoms. The molecule has 0 aliphatic carbocycles. The van der Waals surface area contributed by atoms with Gasteiger partial charge in [-0.1, -0.05) is 12.1 Å². The lowest BCUT2D eigenvalue weighted by molar-refractivity contribution is -0.141. The second-order valence-corrected chi connectivity index (χ2v) is 8.50. The highest BCUT2D eigenvalue weighted by Gasteiger charge is 2.30. The van der Waals surface area contributed by atoms with Crippen LogP contribution in [-0.4, -0.2) is 76.3 Å². The number of phenolic OH excluding ortho intramolecular Hbond substituents is 1. The fraction of sp³-hybridized carbons (Fsp3) is 0.500. The van der Waals surface area contributed by atoms with Crippen LogP contribution in [0.15, 0.2) is 24.3 Å². The Kier molecular flexibility index (Phi) is 13.3. The molecular weight excluding hydrogens is 492 g/mol. The van der Waals surface area contributed by atoms with E-state index in [-0.39, 0.29) is 24.3 Å². The molecule has 0 saturated carbocycles. The fourth-order valence-electron chi connectivity index (χ4n) is 3.16. The summed E-state index contributed by atoms with van der Waals surface area (Å²) in [6.45, 7) is 0.343. The molecule has 13 nitrogen and oxygen atoms in total. The predicted molar refractivity (Wildman–Crippen MR) is 134 cm³/mol. The monoisotopic (exact) mass is 526 g/mol. The number of hydrogen-bond acceptors (Lipinski definition) is 9.